The first-order chi connectivity index (χ1) is 9.63. The molecule has 0 saturated carbocycles. The lowest BCUT2D eigenvalue weighted by Crippen LogP contribution is -2.46. The molecule has 2 heterocycles. The normalized spacial score (nSPS) is 23.0. The molecule has 122 valence electrons. The van der Waals surface area contributed by atoms with Crippen LogP contribution in [0.5, 0.6) is 0 Å². The zero-order valence-corrected chi connectivity index (χ0v) is 13.7. The lowest BCUT2D eigenvalue weighted by atomic mass is 10.0. The Hall–Kier alpha value is -0.850. The van der Waals surface area contributed by atoms with Gasteiger partial charge in [0.2, 0.25) is 11.8 Å². The van der Waals surface area contributed by atoms with Crippen molar-refractivity contribution in [1.29, 1.82) is 0 Å². The number of nitrogens with zero attached hydrogens (tertiary/aromatic N) is 2. The fourth-order valence-corrected chi connectivity index (χ4v) is 3.02. The highest BCUT2D eigenvalue weighted by Crippen LogP contribution is 2.22. The van der Waals surface area contributed by atoms with Crippen molar-refractivity contribution in [2.45, 2.75) is 25.3 Å². The summed E-state index contributed by atoms with van der Waals surface area (Å²) in [4.78, 5) is 28.0. The number of piperidine rings is 1. The Kier molecular flexibility index (Phi) is 7.42. The zero-order chi connectivity index (χ0) is 14.5. The highest BCUT2D eigenvalue weighted by molar-refractivity contribution is 5.89. The molecule has 2 aliphatic rings. The average molecular weight is 320 g/mol. The zero-order valence-electron chi connectivity index (χ0n) is 12.8. The highest BCUT2D eigenvalue weighted by atomic mass is 35.5. The molecular formula is C14H26ClN3O3. The minimum atomic E-state index is -0.181. The van der Waals surface area contributed by atoms with Gasteiger partial charge in [0.05, 0.1) is 12.5 Å². The minimum absolute atomic E-state index is 0. The van der Waals surface area contributed by atoms with Crippen molar-refractivity contribution >= 4 is 24.2 Å². The Morgan fingerprint density at radius 1 is 1.43 bits per heavy atom. The number of carbonyl (C=O) groups is 2. The molecular weight excluding hydrogens is 294 g/mol. The van der Waals surface area contributed by atoms with E-state index in [4.69, 9.17) is 4.74 Å². The van der Waals surface area contributed by atoms with Gasteiger partial charge in [0.25, 0.3) is 0 Å². The van der Waals surface area contributed by atoms with Crippen LogP contribution >= 0.6 is 12.4 Å². The van der Waals surface area contributed by atoms with E-state index in [1.807, 2.05) is 11.9 Å². The van der Waals surface area contributed by atoms with Gasteiger partial charge in [-0.1, -0.05) is 0 Å². The van der Waals surface area contributed by atoms with Gasteiger partial charge in [0.15, 0.2) is 0 Å². The Morgan fingerprint density at radius 3 is 2.71 bits per heavy atom. The van der Waals surface area contributed by atoms with Crippen molar-refractivity contribution in [3.63, 3.8) is 0 Å². The van der Waals surface area contributed by atoms with Gasteiger partial charge in [-0.2, -0.15) is 0 Å². The number of halogens is 1. The fraction of sp³-hybridized carbons (Fsp3) is 0.857. The van der Waals surface area contributed by atoms with Gasteiger partial charge in [0.1, 0.15) is 0 Å². The monoisotopic (exact) mass is 319 g/mol. The fourth-order valence-electron chi connectivity index (χ4n) is 3.02. The van der Waals surface area contributed by atoms with Gasteiger partial charge in [-0.25, -0.2) is 0 Å². The van der Waals surface area contributed by atoms with Crippen LogP contribution in [0.3, 0.4) is 0 Å². The summed E-state index contributed by atoms with van der Waals surface area (Å²) < 4.78 is 4.99. The van der Waals surface area contributed by atoms with E-state index < -0.39 is 0 Å². The molecule has 2 fully saturated rings. The molecule has 0 aromatic heterocycles. The van der Waals surface area contributed by atoms with E-state index in [0.29, 0.717) is 32.2 Å². The second-order valence-corrected chi connectivity index (χ2v) is 5.66. The van der Waals surface area contributed by atoms with E-state index in [0.717, 1.165) is 25.9 Å². The number of hydrogen-bond acceptors (Lipinski definition) is 4. The molecule has 0 aromatic carbocycles. The van der Waals surface area contributed by atoms with E-state index in [1.54, 1.807) is 12.0 Å². The van der Waals surface area contributed by atoms with Gasteiger partial charge < -0.3 is 19.9 Å². The van der Waals surface area contributed by atoms with E-state index >= 15 is 0 Å². The standard InChI is InChI=1S/C14H25N3O3.ClH/c1-16(12-3-5-15-6-4-12)14(19)11-9-13(18)17(10-11)7-8-20-2;/h11-12,15H,3-10H2,1-2H3;1H. The summed E-state index contributed by atoms with van der Waals surface area (Å²) >= 11 is 0. The molecule has 1 N–H and O–H groups in total. The number of carbonyl (C=O) groups excluding carboxylic acids is 2. The van der Waals surface area contributed by atoms with Gasteiger partial charge in [-0.05, 0) is 25.9 Å². The molecule has 2 saturated heterocycles. The van der Waals surface area contributed by atoms with Gasteiger partial charge >= 0.3 is 0 Å². The van der Waals surface area contributed by atoms with Crippen molar-refractivity contribution < 1.29 is 14.3 Å². The quantitative estimate of drug-likeness (QED) is 0.781. The van der Waals surface area contributed by atoms with Crippen molar-refractivity contribution in [3.05, 3.63) is 0 Å². The first kappa shape index (κ1) is 18.2. The number of methoxy groups -OCH3 is 1. The summed E-state index contributed by atoms with van der Waals surface area (Å²) in [5.41, 5.74) is 0. The lowest BCUT2D eigenvalue weighted by molar-refractivity contribution is -0.137. The Balaban J connectivity index is 0.00000220. The van der Waals surface area contributed by atoms with Crippen molar-refractivity contribution in [2.75, 3.05) is 46.9 Å². The first-order valence-corrected chi connectivity index (χ1v) is 7.37. The summed E-state index contributed by atoms with van der Waals surface area (Å²) in [6.07, 6.45) is 2.34. The van der Waals surface area contributed by atoms with Crippen molar-refractivity contribution in [3.8, 4) is 0 Å². The van der Waals surface area contributed by atoms with E-state index in [1.165, 1.54) is 0 Å². The summed E-state index contributed by atoms with van der Waals surface area (Å²) in [7, 11) is 3.49. The molecule has 2 amide bonds. The molecule has 1 unspecified atom stereocenters. The third-order valence-corrected chi connectivity index (χ3v) is 4.33. The SMILES string of the molecule is COCCN1CC(C(=O)N(C)C2CCNCC2)CC1=O.Cl. The lowest BCUT2D eigenvalue weighted by Gasteiger charge is -2.33. The largest absolute Gasteiger partial charge is 0.383 e. The predicted octanol–water partition coefficient (Wildman–Crippen LogP) is 0.114. The molecule has 2 aliphatic heterocycles. The third-order valence-electron chi connectivity index (χ3n) is 4.33. The Morgan fingerprint density at radius 2 is 2.10 bits per heavy atom. The maximum atomic E-state index is 12.5. The second-order valence-electron chi connectivity index (χ2n) is 5.66. The highest BCUT2D eigenvalue weighted by Gasteiger charge is 2.37. The molecule has 2 rings (SSSR count). The summed E-state index contributed by atoms with van der Waals surface area (Å²) in [5.74, 6) is 0.00326. The van der Waals surface area contributed by atoms with Crippen molar-refractivity contribution in [2.24, 2.45) is 5.92 Å². The number of nitrogens with one attached hydrogen (secondary N) is 1. The van der Waals surface area contributed by atoms with E-state index in [9.17, 15) is 9.59 Å². The van der Waals surface area contributed by atoms with Crippen LogP contribution in [0.4, 0.5) is 0 Å². The molecule has 0 spiro atoms. The number of ether oxygens (including phenoxy) is 1. The van der Waals surface area contributed by atoms with Crippen LogP contribution in [-0.4, -0.2) is 74.6 Å². The number of rotatable bonds is 5. The summed E-state index contributed by atoms with van der Waals surface area (Å²) in [6, 6.07) is 0.312. The van der Waals surface area contributed by atoms with Crippen LogP contribution in [0.1, 0.15) is 19.3 Å². The second kappa shape index (κ2) is 8.56. The average Bonchev–Trinajstić information content (AvgIpc) is 2.85. The summed E-state index contributed by atoms with van der Waals surface area (Å²) in [5, 5.41) is 3.30. The topological polar surface area (TPSA) is 61.9 Å². The van der Waals surface area contributed by atoms with E-state index in [-0.39, 0.29) is 30.1 Å². The first-order valence-electron chi connectivity index (χ1n) is 7.37. The maximum absolute atomic E-state index is 12.5. The maximum Gasteiger partial charge on any atom is 0.227 e. The molecule has 0 aliphatic carbocycles. The molecule has 0 aromatic rings. The molecule has 21 heavy (non-hydrogen) atoms. The molecule has 7 heteroatoms. The Labute approximate surface area is 132 Å². The predicted molar refractivity (Wildman–Crippen MR) is 82.5 cm³/mol. The van der Waals surface area contributed by atoms with Crippen LogP contribution in [-0.2, 0) is 14.3 Å². The van der Waals surface area contributed by atoms with Crippen molar-refractivity contribution in [1.82, 2.24) is 15.1 Å². The van der Waals surface area contributed by atoms with Crippen LogP contribution in [0.25, 0.3) is 0 Å². The molecule has 1 atom stereocenters. The van der Waals surface area contributed by atoms with Crippen LogP contribution in [0.15, 0.2) is 0 Å². The van der Waals surface area contributed by atoms with Gasteiger partial charge in [-0.3, -0.25) is 9.59 Å². The number of amides is 2. The van der Waals surface area contributed by atoms with Crippen LogP contribution in [0, 0.1) is 5.92 Å². The molecule has 0 bridgehead atoms. The van der Waals surface area contributed by atoms with E-state index in [2.05, 4.69) is 5.32 Å². The smallest absolute Gasteiger partial charge is 0.227 e. The third kappa shape index (κ3) is 4.56. The Bertz CT molecular complexity index is 361. The minimum Gasteiger partial charge on any atom is -0.383 e. The van der Waals surface area contributed by atoms with Crippen LogP contribution < -0.4 is 5.32 Å². The summed E-state index contributed by atoms with van der Waals surface area (Å²) in [6.45, 7) is 3.57. The molecule has 6 nitrogen and oxygen atoms in total. The number of hydrogen-bond donors (Lipinski definition) is 1. The number of likely N-dealkylation sites (tertiary alicyclic amines) is 1. The van der Waals surface area contributed by atoms with Gasteiger partial charge in [-0.15, -0.1) is 12.4 Å². The molecule has 0 radical (unpaired) electrons. The van der Waals surface area contributed by atoms with Gasteiger partial charge in [0, 0.05) is 39.7 Å². The van der Waals surface area contributed by atoms with Crippen LogP contribution in [0.2, 0.25) is 0 Å².